The Labute approximate surface area is 86.5 Å². The van der Waals surface area contributed by atoms with Gasteiger partial charge in [-0.1, -0.05) is 28.9 Å². The van der Waals surface area contributed by atoms with E-state index in [0.717, 1.165) is 6.54 Å². The molecule has 2 aromatic rings. The number of benzene rings is 1. The van der Waals surface area contributed by atoms with Gasteiger partial charge < -0.3 is 4.57 Å². The molecule has 68 valence electrons. The van der Waals surface area contributed by atoms with Crippen LogP contribution < -0.4 is 0 Å². The number of aryl methyl sites for hydroxylation is 1. The predicted molar refractivity (Wildman–Crippen MR) is 59.9 cm³/mol. The minimum Gasteiger partial charge on any atom is -0.347 e. The summed E-state index contributed by atoms with van der Waals surface area (Å²) in [6.07, 6.45) is 3.33. The Kier molecular flexibility index (Phi) is 2.40. The van der Waals surface area contributed by atoms with E-state index in [0.29, 0.717) is 0 Å². The molecule has 0 saturated carbocycles. The number of fused-ring (bicyclic) bond motifs is 1. The predicted octanol–water partition coefficient (Wildman–Crippen LogP) is 3.81. The van der Waals surface area contributed by atoms with Crippen LogP contribution in [0.3, 0.4) is 0 Å². The summed E-state index contributed by atoms with van der Waals surface area (Å²) in [7, 11) is 0. The minimum absolute atomic E-state index is 1.10. The van der Waals surface area contributed by atoms with Crippen LogP contribution in [0.4, 0.5) is 0 Å². The van der Waals surface area contributed by atoms with Gasteiger partial charge in [0.05, 0.1) is 0 Å². The van der Waals surface area contributed by atoms with Crippen LogP contribution in [-0.2, 0) is 6.54 Å². The maximum Gasteiger partial charge on any atom is 0.0491 e. The summed E-state index contributed by atoms with van der Waals surface area (Å²) in [5.41, 5.74) is 1.32. The molecule has 1 heterocycles. The van der Waals surface area contributed by atoms with Crippen LogP contribution in [0.25, 0.3) is 10.9 Å². The second-order valence-corrected chi connectivity index (χ2v) is 4.04. The number of rotatable bonds is 2. The Morgan fingerprint density at radius 2 is 2.15 bits per heavy atom. The van der Waals surface area contributed by atoms with Crippen molar-refractivity contribution < 1.29 is 0 Å². The Balaban J connectivity index is 2.61. The monoisotopic (exact) mass is 237 g/mol. The Morgan fingerprint density at radius 1 is 1.31 bits per heavy atom. The Hall–Kier alpha value is -0.760. The Bertz CT molecular complexity index is 417. The molecule has 0 aliphatic carbocycles. The van der Waals surface area contributed by atoms with Crippen LogP contribution >= 0.6 is 15.9 Å². The topological polar surface area (TPSA) is 4.93 Å². The number of halogens is 1. The molecule has 0 amide bonds. The van der Waals surface area contributed by atoms with Gasteiger partial charge in [0.25, 0.3) is 0 Å². The van der Waals surface area contributed by atoms with Crippen molar-refractivity contribution >= 4 is 26.8 Å². The fourth-order valence-electron chi connectivity index (χ4n) is 1.62. The molecule has 13 heavy (non-hydrogen) atoms. The molecule has 2 rings (SSSR count). The van der Waals surface area contributed by atoms with Crippen LogP contribution in [0.1, 0.15) is 13.3 Å². The van der Waals surface area contributed by atoms with E-state index in [4.69, 9.17) is 0 Å². The third-order valence-corrected chi connectivity index (χ3v) is 2.92. The summed E-state index contributed by atoms with van der Waals surface area (Å²) in [6.45, 7) is 3.30. The second-order valence-electron chi connectivity index (χ2n) is 3.18. The van der Waals surface area contributed by atoms with E-state index in [1.165, 1.54) is 21.8 Å². The highest BCUT2D eigenvalue weighted by molar-refractivity contribution is 9.10. The van der Waals surface area contributed by atoms with Crippen LogP contribution in [0.2, 0.25) is 0 Å². The smallest absolute Gasteiger partial charge is 0.0491 e. The molecule has 1 aromatic heterocycles. The minimum atomic E-state index is 1.10. The molecule has 0 aliphatic rings. The van der Waals surface area contributed by atoms with Crippen molar-refractivity contribution in [1.29, 1.82) is 0 Å². The molecule has 0 N–H and O–H groups in total. The number of aromatic nitrogens is 1. The highest BCUT2D eigenvalue weighted by atomic mass is 79.9. The highest BCUT2D eigenvalue weighted by Gasteiger charge is 2.01. The van der Waals surface area contributed by atoms with E-state index in [2.05, 4.69) is 57.9 Å². The van der Waals surface area contributed by atoms with E-state index in [1.807, 2.05) is 0 Å². The number of hydrogen-bond acceptors (Lipinski definition) is 0. The highest BCUT2D eigenvalue weighted by Crippen LogP contribution is 2.24. The van der Waals surface area contributed by atoms with E-state index < -0.39 is 0 Å². The lowest BCUT2D eigenvalue weighted by Crippen LogP contribution is -1.93. The molecule has 0 aliphatic heterocycles. The largest absolute Gasteiger partial charge is 0.347 e. The fourth-order valence-corrected chi connectivity index (χ4v) is 2.11. The molecule has 2 heteroatoms. The maximum absolute atomic E-state index is 3.55. The molecule has 0 fully saturated rings. The van der Waals surface area contributed by atoms with Gasteiger partial charge in [0.1, 0.15) is 0 Å². The summed E-state index contributed by atoms with van der Waals surface area (Å²) in [6, 6.07) is 8.49. The van der Waals surface area contributed by atoms with Gasteiger partial charge in [-0.2, -0.15) is 0 Å². The molecule has 0 radical (unpaired) electrons. The number of nitrogens with zero attached hydrogens (tertiary/aromatic N) is 1. The molecule has 0 spiro atoms. The third-order valence-electron chi connectivity index (χ3n) is 2.22. The molecular formula is C11H12BrN. The van der Waals surface area contributed by atoms with E-state index in [1.54, 1.807) is 0 Å². The zero-order chi connectivity index (χ0) is 9.26. The summed E-state index contributed by atoms with van der Waals surface area (Å²) in [5, 5.41) is 1.30. The fraction of sp³-hybridized carbons (Fsp3) is 0.273. The van der Waals surface area contributed by atoms with Gasteiger partial charge in [0.2, 0.25) is 0 Å². The average Bonchev–Trinajstić information content (AvgIpc) is 2.51. The second kappa shape index (κ2) is 3.54. The van der Waals surface area contributed by atoms with E-state index in [9.17, 15) is 0 Å². The lowest BCUT2D eigenvalue weighted by atomic mass is 10.2. The lowest BCUT2D eigenvalue weighted by Gasteiger charge is -2.02. The molecule has 0 unspecified atom stereocenters. The average molecular weight is 238 g/mol. The Morgan fingerprint density at radius 3 is 2.92 bits per heavy atom. The maximum atomic E-state index is 3.55. The molecule has 0 saturated heterocycles. The molecular weight excluding hydrogens is 226 g/mol. The van der Waals surface area contributed by atoms with Gasteiger partial charge in [-0.3, -0.25) is 0 Å². The summed E-state index contributed by atoms with van der Waals surface area (Å²) >= 11 is 3.55. The van der Waals surface area contributed by atoms with Crippen LogP contribution in [-0.4, -0.2) is 4.57 Å². The van der Waals surface area contributed by atoms with Gasteiger partial charge in [0.15, 0.2) is 0 Å². The zero-order valence-corrected chi connectivity index (χ0v) is 9.21. The van der Waals surface area contributed by atoms with Crippen molar-refractivity contribution in [1.82, 2.24) is 4.57 Å². The molecule has 1 aromatic carbocycles. The number of hydrogen-bond donors (Lipinski definition) is 0. The summed E-state index contributed by atoms with van der Waals surface area (Å²) in [4.78, 5) is 0. The first-order valence-electron chi connectivity index (χ1n) is 4.56. The van der Waals surface area contributed by atoms with Crippen molar-refractivity contribution in [3.05, 3.63) is 34.9 Å². The molecule has 0 bridgehead atoms. The normalized spacial score (nSPS) is 10.9. The van der Waals surface area contributed by atoms with Gasteiger partial charge in [-0.15, -0.1) is 0 Å². The first-order chi connectivity index (χ1) is 6.33. The quantitative estimate of drug-likeness (QED) is 0.749. The van der Waals surface area contributed by atoms with Crippen molar-refractivity contribution in [2.45, 2.75) is 19.9 Å². The van der Waals surface area contributed by atoms with Gasteiger partial charge in [-0.05, 0) is 24.6 Å². The van der Waals surface area contributed by atoms with Crippen LogP contribution in [0.15, 0.2) is 34.9 Å². The van der Waals surface area contributed by atoms with Crippen molar-refractivity contribution in [3.8, 4) is 0 Å². The van der Waals surface area contributed by atoms with Crippen molar-refractivity contribution in [3.63, 3.8) is 0 Å². The third kappa shape index (κ3) is 1.51. The van der Waals surface area contributed by atoms with Gasteiger partial charge in [-0.25, -0.2) is 0 Å². The lowest BCUT2D eigenvalue weighted by molar-refractivity contribution is 0.703. The first-order valence-corrected chi connectivity index (χ1v) is 5.35. The molecule has 0 atom stereocenters. The summed E-state index contributed by atoms with van der Waals surface area (Å²) < 4.78 is 3.47. The van der Waals surface area contributed by atoms with Gasteiger partial charge >= 0.3 is 0 Å². The van der Waals surface area contributed by atoms with Crippen LogP contribution in [0, 0.1) is 0 Å². The SMILES string of the molecule is CCCn1ccc2c(Br)cccc21. The van der Waals surface area contributed by atoms with E-state index >= 15 is 0 Å². The zero-order valence-electron chi connectivity index (χ0n) is 7.63. The van der Waals surface area contributed by atoms with Crippen LogP contribution in [0.5, 0.6) is 0 Å². The van der Waals surface area contributed by atoms with E-state index in [-0.39, 0.29) is 0 Å². The summed E-state index contributed by atoms with van der Waals surface area (Å²) in [5.74, 6) is 0. The first kappa shape index (κ1) is 8.82. The standard InChI is InChI=1S/C11H12BrN/c1-2-7-13-8-6-9-10(12)4-3-5-11(9)13/h3-6,8H,2,7H2,1H3. The van der Waals surface area contributed by atoms with Crippen molar-refractivity contribution in [2.24, 2.45) is 0 Å². The van der Waals surface area contributed by atoms with Crippen molar-refractivity contribution in [2.75, 3.05) is 0 Å². The van der Waals surface area contributed by atoms with Gasteiger partial charge in [0, 0.05) is 28.1 Å². The molecule has 1 nitrogen and oxygen atoms in total.